The van der Waals surface area contributed by atoms with Crippen molar-refractivity contribution in [2.75, 3.05) is 19.6 Å². The van der Waals surface area contributed by atoms with Crippen molar-refractivity contribution in [2.45, 2.75) is 30.0 Å². The molecule has 0 radical (unpaired) electrons. The quantitative estimate of drug-likeness (QED) is 0.743. The number of sulfonamides is 1. The number of piperidine rings is 1. The summed E-state index contributed by atoms with van der Waals surface area (Å²) in [5, 5.41) is 4.37. The largest absolute Gasteiger partial charge is 0.343 e. The Hall–Kier alpha value is -2.23. The lowest BCUT2D eigenvalue weighted by Crippen LogP contribution is -2.48. The number of nitrogens with zero attached hydrogens (tertiary/aromatic N) is 1. The van der Waals surface area contributed by atoms with E-state index in [0.717, 1.165) is 5.56 Å². The average Bonchev–Trinajstić information content (AvgIpc) is 3.22. The summed E-state index contributed by atoms with van der Waals surface area (Å²) in [4.78, 5) is 26.2. The number of likely N-dealkylation sites (tertiary alicyclic amines) is 1. The van der Waals surface area contributed by atoms with Gasteiger partial charge in [-0.05, 0) is 43.3 Å². The second-order valence-corrected chi connectivity index (χ2v) is 9.65. The highest BCUT2D eigenvalue weighted by molar-refractivity contribution is 7.91. The number of thiophene rings is 1. The third-order valence-corrected chi connectivity index (χ3v) is 7.53. The van der Waals surface area contributed by atoms with Crippen LogP contribution in [0.15, 0.2) is 46.0 Å². The number of hydrogen-bond donors (Lipinski definition) is 2. The average molecular weight is 422 g/mol. The summed E-state index contributed by atoms with van der Waals surface area (Å²) >= 11 is 1.18. The smallest absolute Gasteiger partial charge is 0.251 e. The molecule has 0 saturated carbocycles. The standard InChI is InChI=1S/C19H23N3O4S2/c1-14-4-2-5-15(12-14)19(24)20-13-17(23)22-9-7-16(8-10-22)21-28(25,26)18-6-3-11-27-18/h2-6,11-12,16,21H,7-10,13H2,1H3,(H,20,24). The van der Waals surface area contributed by atoms with E-state index in [1.807, 2.05) is 13.0 Å². The van der Waals surface area contributed by atoms with E-state index in [4.69, 9.17) is 0 Å². The number of carbonyl (C=O) groups excluding carboxylic acids is 2. The molecule has 0 aliphatic carbocycles. The molecule has 2 amide bonds. The van der Waals surface area contributed by atoms with Crippen LogP contribution in [0.25, 0.3) is 0 Å². The van der Waals surface area contributed by atoms with Gasteiger partial charge in [-0.1, -0.05) is 23.8 Å². The van der Waals surface area contributed by atoms with Gasteiger partial charge in [-0.25, -0.2) is 13.1 Å². The zero-order valence-electron chi connectivity index (χ0n) is 15.6. The normalized spacial score (nSPS) is 15.4. The summed E-state index contributed by atoms with van der Waals surface area (Å²) in [6.07, 6.45) is 1.09. The minimum atomic E-state index is -3.50. The molecule has 0 spiro atoms. The van der Waals surface area contributed by atoms with Gasteiger partial charge in [-0.15, -0.1) is 11.3 Å². The monoisotopic (exact) mass is 421 g/mol. The number of amides is 2. The fraction of sp³-hybridized carbons (Fsp3) is 0.368. The Morgan fingerprint density at radius 3 is 2.57 bits per heavy atom. The minimum Gasteiger partial charge on any atom is -0.343 e. The van der Waals surface area contributed by atoms with E-state index < -0.39 is 10.0 Å². The molecule has 3 rings (SSSR count). The molecule has 0 unspecified atom stereocenters. The topological polar surface area (TPSA) is 95.6 Å². The molecule has 9 heteroatoms. The van der Waals surface area contributed by atoms with Crippen molar-refractivity contribution in [3.05, 3.63) is 52.9 Å². The van der Waals surface area contributed by atoms with Crippen molar-refractivity contribution in [1.29, 1.82) is 0 Å². The molecule has 1 fully saturated rings. The van der Waals surface area contributed by atoms with E-state index in [2.05, 4.69) is 10.0 Å². The molecular formula is C19H23N3O4S2. The van der Waals surface area contributed by atoms with Gasteiger partial charge >= 0.3 is 0 Å². The van der Waals surface area contributed by atoms with E-state index in [9.17, 15) is 18.0 Å². The van der Waals surface area contributed by atoms with Gasteiger partial charge in [0.1, 0.15) is 4.21 Å². The number of carbonyl (C=O) groups is 2. The maximum Gasteiger partial charge on any atom is 0.251 e. The van der Waals surface area contributed by atoms with Gasteiger partial charge in [0.2, 0.25) is 15.9 Å². The third-order valence-electron chi connectivity index (χ3n) is 4.61. The van der Waals surface area contributed by atoms with Crippen LogP contribution in [0.5, 0.6) is 0 Å². The van der Waals surface area contributed by atoms with Gasteiger partial charge < -0.3 is 10.2 Å². The molecular weight excluding hydrogens is 398 g/mol. The van der Waals surface area contributed by atoms with Crippen molar-refractivity contribution in [3.8, 4) is 0 Å². The summed E-state index contributed by atoms with van der Waals surface area (Å²) in [7, 11) is -3.50. The van der Waals surface area contributed by atoms with E-state index in [0.29, 0.717) is 35.7 Å². The molecule has 1 aliphatic heterocycles. The maximum atomic E-state index is 12.4. The number of rotatable bonds is 6. The maximum absolute atomic E-state index is 12.4. The van der Waals surface area contributed by atoms with Crippen LogP contribution >= 0.6 is 11.3 Å². The molecule has 150 valence electrons. The first kappa shape index (κ1) is 20.5. The summed E-state index contributed by atoms with van der Waals surface area (Å²) < 4.78 is 27.6. The lowest BCUT2D eigenvalue weighted by atomic mass is 10.1. The van der Waals surface area contributed by atoms with Gasteiger partial charge in [-0.3, -0.25) is 9.59 Å². The molecule has 1 aromatic heterocycles. The van der Waals surface area contributed by atoms with Crippen LogP contribution in [0, 0.1) is 6.92 Å². The predicted octanol–water partition coefficient (Wildman–Crippen LogP) is 1.76. The first-order valence-electron chi connectivity index (χ1n) is 9.03. The highest BCUT2D eigenvalue weighted by Gasteiger charge is 2.27. The van der Waals surface area contributed by atoms with Crippen LogP contribution in [0.3, 0.4) is 0 Å². The van der Waals surface area contributed by atoms with Crippen molar-refractivity contribution < 1.29 is 18.0 Å². The fourth-order valence-electron chi connectivity index (χ4n) is 3.10. The summed E-state index contributed by atoms with van der Waals surface area (Å²) in [6, 6.07) is 10.3. The van der Waals surface area contributed by atoms with Crippen LogP contribution in [-0.4, -0.2) is 50.8 Å². The highest BCUT2D eigenvalue weighted by atomic mass is 32.2. The second-order valence-electron chi connectivity index (χ2n) is 6.76. The van der Waals surface area contributed by atoms with Crippen LogP contribution in [0.2, 0.25) is 0 Å². The van der Waals surface area contributed by atoms with Crippen molar-refractivity contribution in [2.24, 2.45) is 0 Å². The summed E-state index contributed by atoms with van der Waals surface area (Å²) in [5.41, 5.74) is 1.50. The van der Waals surface area contributed by atoms with Crippen LogP contribution < -0.4 is 10.0 Å². The van der Waals surface area contributed by atoms with Crippen molar-refractivity contribution >= 4 is 33.2 Å². The zero-order chi connectivity index (χ0) is 20.1. The van der Waals surface area contributed by atoms with Gasteiger partial charge in [0.25, 0.3) is 5.91 Å². The SMILES string of the molecule is Cc1cccc(C(=O)NCC(=O)N2CCC(NS(=O)(=O)c3cccs3)CC2)c1. The Balaban J connectivity index is 1.45. The molecule has 2 N–H and O–H groups in total. The van der Waals surface area contributed by atoms with E-state index >= 15 is 0 Å². The lowest BCUT2D eigenvalue weighted by molar-refractivity contribution is -0.131. The van der Waals surface area contributed by atoms with E-state index in [1.54, 1.807) is 40.6 Å². The van der Waals surface area contributed by atoms with Crippen molar-refractivity contribution in [3.63, 3.8) is 0 Å². The van der Waals surface area contributed by atoms with Gasteiger partial charge in [0, 0.05) is 24.7 Å². The summed E-state index contributed by atoms with van der Waals surface area (Å²) in [5.74, 6) is -0.448. The molecule has 1 aromatic carbocycles. The van der Waals surface area contributed by atoms with Crippen LogP contribution in [-0.2, 0) is 14.8 Å². The van der Waals surface area contributed by atoms with Gasteiger partial charge in [0.05, 0.1) is 6.54 Å². The predicted molar refractivity (Wildman–Crippen MR) is 108 cm³/mol. The second kappa shape index (κ2) is 8.85. The Labute approximate surface area is 168 Å². The first-order valence-corrected chi connectivity index (χ1v) is 11.4. The number of hydrogen-bond acceptors (Lipinski definition) is 5. The molecule has 0 bridgehead atoms. The number of benzene rings is 1. The highest BCUT2D eigenvalue weighted by Crippen LogP contribution is 2.18. The molecule has 2 aromatic rings. The minimum absolute atomic E-state index is 0.0711. The number of aryl methyl sites for hydroxylation is 1. The molecule has 2 heterocycles. The Morgan fingerprint density at radius 2 is 1.93 bits per heavy atom. The summed E-state index contributed by atoms with van der Waals surface area (Å²) in [6.45, 7) is 2.74. The zero-order valence-corrected chi connectivity index (χ0v) is 17.2. The Kier molecular flexibility index (Phi) is 6.48. The lowest BCUT2D eigenvalue weighted by Gasteiger charge is -2.32. The third kappa shape index (κ3) is 5.18. The van der Waals surface area contributed by atoms with Crippen molar-refractivity contribution in [1.82, 2.24) is 14.9 Å². The molecule has 28 heavy (non-hydrogen) atoms. The molecule has 7 nitrogen and oxygen atoms in total. The first-order chi connectivity index (χ1) is 13.3. The molecule has 1 saturated heterocycles. The van der Waals surface area contributed by atoms with E-state index in [1.165, 1.54) is 11.3 Å². The molecule has 0 atom stereocenters. The van der Waals surface area contributed by atoms with Crippen LogP contribution in [0.4, 0.5) is 0 Å². The Bertz CT molecular complexity index is 934. The Morgan fingerprint density at radius 1 is 1.18 bits per heavy atom. The fourth-order valence-corrected chi connectivity index (χ4v) is 5.41. The van der Waals surface area contributed by atoms with E-state index in [-0.39, 0.29) is 24.4 Å². The van der Waals surface area contributed by atoms with Gasteiger partial charge in [-0.2, -0.15) is 0 Å². The van der Waals surface area contributed by atoms with Crippen LogP contribution in [0.1, 0.15) is 28.8 Å². The van der Waals surface area contributed by atoms with Gasteiger partial charge in [0.15, 0.2) is 0 Å². The number of nitrogens with one attached hydrogen (secondary N) is 2. The molecule has 1 aliphatic rings.